The molecule has 88 valence electrons. The summed E-state index contributed by atoms with van der Waals surface area (Å²) < 4.78 is 0. The van der Waals surface area contributed by atoms with Crippen LogP contribution in [0.4, 0.5) is 0 Å². The van der Waals surface area contributed by atoms with Gasteiger partial charge in [0.1, 0.15) is 0 Å². The molecule has 3 nitrogen and oxygen atoms in total. The second-order valence-corrected chi connectivity index (χ2v) is 5.12. The third kappa shape index (κ3) is 2.25. The fraction of sp³-hybridized carbons (Fsp3) is 0.500. The van der Waals surface area contributed by atoms with Gasteiger partial charge < -0.3 is 15.5 Å². The molecule has 1 aliphatic rings. The van der Waals surface area contributed by atoms with Crippen LogP contribution in [-0.4, -0.2) is 35.7 Å². The number of fused-ring (bicyclic) bond motifs is 1. The molecule has 1 aromatic carbocycles. The molecule has 0 aromatic heterocycles. The first-order chi connectivity index (χ1) is 7.76. The lowest BCUT2D eigenvalue weighted by molar-refractivity contribution is 0.0941. The average molecular weight is 239 g/mol. The molecule has 0 saturated carbocycles. The molecule has 0 bridgehead atoms. The van der Waals surface area contributed by atoms with Gasteiger partial charge in [0.2, 0.25) is 0 Å². The SMILES string of the molecule is CNC(CO)C(O)c1ccc2c(c1)CCS2. The standard InChI is InChI=1S/C12H17NO2S/c1-13-10(7-14)12(15)9-2-3-11-8(6-9)4-5-16-11/h2-3,6,10,12-15H,4-5,7H2,1H3. The second-order valence-electron chi connectivity index (χ2n) is 3.99. The minimum atomic E-state index is -0.647. The Labute approximate surface area is 99.9 Å². The number of likely N-dealkylation sites (N-methyl/N-ethyl adjacent to an activating group) is 1. The van der Waals surface area contributed by atoms with Crippen molar-refractivity contribution in [3.05, 3.63) is 29.3 Å². The highest BCUT2D eigenvalue weighted by Crippen LogP contribution is 2.33. The maximum Gasteiger partial charge on any atom is 0.0965 e. The van der Waals surface area contributed by atoms with E-state index in [2.05, 4.69) is 17.4 Å². The Kier molecular flexibility index (Phi) is 3.86. The first-order valence-corrected chi connectivity index (χ1v) is 6.46. The summed E-state index contributed by atoms with van der Waals surface area (Å²) in [6.07, 6.45) is 0.426. The van der Waals surface area contributed by atoms with Crippen LogP contribution in [0.1, 0.15) is 17.2 Å². The normalized spacial score (nSPS) is 18.2. The zero-order valence-electron chi connectivity index (χ0n) is 9.31. The molecule has 0 fully saturated rings. The molecule has 3 N–H and O–H groups in total. The fourth-order valence-electron chi connectivity index (χ4n) is 1.97. The monoisotopic (exact) mass is 239 g/mol. The van der Waals surface area contributed by atoms with Gasteiger partial charge in [-0.05, 0) is 30.7 Å². The van der Waals surface area contributed by atoms with Gasteiger partial charge in [-0.2, -0.15) is 0 Å². The van der Waals surface area contributed by atoms with Crippen molar-refractivity contribution in [1.82, 2.24) is 5.32 Å². The third-order valence-electron chi connectivity index (χ3n) is 3.00. The molecule has 0 spiro atoms. The lowest BCUT2D eigenvalue weighted by atomic mass is 10.00. The van der Waals surface area contributed by atoms with Gasteiger partial charge in [-0.25, -0.2) is 0 Å². The van der Waals surface area contributed by atoms with Crippen LogP contribution in [0.5, 0.6) is 0 Å². The number of rotatable bonds is 4. The lowest BCUT2D eigenvalue weighted by Gasteiger charge is -2.21. The topological polar surface area (TPSA) is 52.5 Å². The van der Waals surface area contributed by atoms with Crippen LogP contribution < -0.4 is 5.32 Å². The molecular weight excluding hydrogens is 222 g/mol. The molecule has 1 aromatic rings. The van der Waals surface area contributed by atoms with Gasteiger partial charge in [-0.3, -0.25) is 0 Å². The van der Waals surface area contributed by atoms with Crippen LogP contribution in [0, 0.1) is 0 Å². The highest BCUT2D eigenvalue weighted by atomic mass is 32.2. The van der Waals surface area contributed by atoms with E-state index in [1.165, 1.54) is 10.5 Å². The lowest BCUT2D eigenvalue weighted by Crippen LogP contribution is -2.35. The number of thioether (sulfide) groups is 1. The molecule has 1 heterocycles. The first-order valence-electron chi connectivity index (χ1n) is 5.48. The van der Waals surface area contributed by atoms with Crippen LogP contribution in [-0.2, 0) is 6.42 Å². The Morgan fingerprint density at radius 1 is 1.50 bits per heavy atom. The molecule has 2 unspecified atom stereocenters. The predicted octanol–water partition coefficient (Wildman–Crippen LogP) is 0.948. The van der Waals surface area contributed by atoms with E-state index in [1.807, 2.05) is 17.8 Å². The van der Waals surface area contributed by atoms with Crippen LogP contribution in [0.15, 0.2) is 23.1 Å². The van der Waals surface area contributed by atoms with E-state index in [9.17, 15) is 5.11 Å². The Hall–Kier alpha value is -0.550. The fourth-order valence-corrected chi connectivity index (χ4v) is 3.02. The molecule has 2 atom stereocenters. The largest absolute Gasteiger partial charge is 0.395 e. The molecule has 0 aliphatic carbocycles. The zero-order valence-corrected chi connectivity index (χ0v) is 10.1. The second kappa shape index (κ2) is 5.19. The summed E-state index contributed by atoms with van der Waals surface area (Å²) in [5, 5.41) is 22.1. The van der Waals surface area contributed by atoms with Gasteiger partial charge >= 0.3 is 0 Å². The van der Waals surface area contributed by atoms with Gasteiger partial charge in [0.05, 0.1) is 18.8 Å². The Morgan fingerprint density at radius 3 is 3.00 bits per heavy atom. The van der Waals surface area contributed by atoms with Crippen LogP contribution >= 0.6 is 11.8 Å². The van der Waals surface area contributed by atoms with Crippen LogP contribution in [0.3, 0.4) is 0 Å². The van der Waals surface area contributed by atoms with Gasteiger partial charge in [-0.1, -0.05) is 12.1 Å². The summed E-state index contributed by atoms with van der Waals surface area (Å²) in [5.41, 5.74) is 2.20. The summed E-state index contributed by atoms with van der Waals surface area (Å²) in [4.78, 5) is 1.32. The van der Waals surface area contributed by atoms with Crippen molar-refractivity contribution in [3.63, 3.8) is 0 Å². The molecule has 0 amide bonds. The summed E-state index contributed by atoms with van der Waals surface area (Å²) in [6.45, 7) is -0.0660. The number of aryl methyl sites for hydroxylation is 1. The minimum Gasteiger partial charge on any atom is -0.395 e. The molecule has 2 rings (SSSR count). The summed E-state index contributed by atoms with van der Waals surface area (Å²) in [6, 6.07) is 5.77. The number of nitrogens with one attached hydrogen (secondary N) is 1. The number of aliphatic hydroxyl groups is 2. The van der Waals surface area contributed by atoms with E-state index in [1.54, 1.807) is 7.05 Å². The molecule has 1 aliphatic heterocycles. The van der Waals surface area contributed by atoms with Gasteiger partial charge in [0.25, 0.3) is 0 Å². The Balaban J connectivity index is 2.20. The number of hydrogen-bond acceptors (Lipinski definition) is 4. The van der Waals surface area contributed by atoms with Crippen molar-refractivity contribution in [1.29, 1.82) is 0 Å². The molecular formula is C12H17NO2S. The van der Waals surface area contributed by atoms with E-state index in [0.29, 0.717) is 0 Å². The van der Waals surface area contributed by atoms with E-state index in [-0.39, 0.29) is 12.6 Å². The van der Waals surface area contributed by atoms with Crippen molar-refractivity contribution < 1.29 is 10.2 Å². The number of aliphatic hydroxyl groups excluding tert-OH is 2. The van der Waals surface area contributed by atoms with Crippen molar-refractivity contribution in [3.8, 4) is 0 Å². The molecule has 16 heavy (non-hydrogen) atoms. The maximum atomic E-state index is 10.1. The highest BCUT2D eigenvalue weighted by Gasteiger charge is 2.20. The molecule has 4 heteroatoms. The highest BCUT2D eigenvalue weighted by molar-refractivity contribution is 7.99. The van der Waals surface area contributed by atoms with E-state index >= 15 is 0 Å². The van der Waals surface area contributed by atoms with Crippen molar-refractivity contribution in [2.75, 3.05) is 19.4 Å². The summed E-state index contributed by atoms with van der Waals surface area (Å²) in [7, 11) is 1.74. The number of hydrogen-bond donors (Lipinski definition) is 3. The van der Waals surface area contributed by atoms with Gasteiger partial charge in [0.15, 0.2) is 0 Å². The third-order valence-corrected chi connectivity index (χ3v) is 4.12. The van der Waals surface area contributed by atoms with Crippen LogP contribution in [0.2, 0.25) is 0 Å². The van der Waals surface area contributed by atoms with Crippen molar-refractivity contribution >= 4 is 11.8 Å². The first kappa shape index (κ1) is 11.9. The Morgan fingerprint density at radius 2 is 2.31 bits per heavy atom. The number of benzene rings is 1. The van der Waals surface area contributed by atoms with Crippen LogP contribution in [0.25, 0.3) is 0 Å². The predicted molar refractivity (Wildman–Crippen MR) is 65.8 cm³/mol. The maximum absolute atomic E-state index is 10.1. The van der Waals surface area contributed by atoms with E-state index in [4.69, 9.17) is 5.11 Å². The zero-order chi connectivity index (χ0) is 11.5. The Bertz CT molecular complexity index is 366. The minimum absolute atomic E-state index is 0.0660. The van der Waals surface area contributed by atoms with Gasteiger partial charge in [-0.15, -0.1) is 11.8 Å². The van der Waals surface area contributed by atoms with E-state index in [0.717, 1.165) is 17.7 Å². The van der Waals surface area contributed by atoms with Crippen molar-refractivity contribution in [2.24, 2.45) is 0 Å². The average Bonchev–Trinajstić information content (AvgIpc) is 2.77. The quantitative estimate of drug-likeness (QED) is 0.732. The van der Waals surface area contributed by atoms with E-state index < -0.39 is 6.10 Å². The smallest absolute Gasteiger partial charge is 0.0965 e. The molecule has 0 saturated heterocycles. The summed E-state index contributed by atoms with van der Waals surface area (Å²) in [5.74, 6) is 1.13. The summed E-state index contributed by atoms with van der Waals surface area (Å²) >= 11 is 1.86. The van der Waals surface area contributed by atoms with Crippen molar-refractivity contribution in [2.45, 2.75) is 23.5 Å². The molecule has 0 radical (unpaired) electrons. The van der Waals surface area contributed by atoms with Gasteiger partial charge in [0, 0.05) is 10.6 Å².